The summed E-state index contributed by atoms with van der Waals surface area (Å²) in [5.74, 6) is 1.52. The van der Waals surface area contributed by atoms with Gasteiger partial charge in [0.2, 0.25) is 0 Å². The van der Waals surface area contributed by atoms with Gasteiger partial charge in [-0.25, -0.2) is 0 Å². The Morgan fingerprint density at radius 3 is 2.64 bits per heavy atom. The third-order valence-electron chi connectivity index (χ3n) is 4.97. The van der Waals surface area contributed by atoms with Gasteiger partial charge < -0.3 is 14.7 Å². The van der Waals surface area contributed by atoms with Crippen molar-refractivity contribution in [3.63, 3.8) is 0 Å². The molecule has 1 heterocycles. The molecule has 0 aliphatic heterocycles. The zero-order valence-electron chi connectivity index (χ0n) is 15.9. The fourth-order valence-corrected chi connectivity index (χ4v) is 3.63. The van der Waals surface area contributed by atoms with Crippen molar-refractivity contribution in [2.24, 2.45) is 0 Å². The van der Waals surface area contributed by atoms with Crippen molar-refractivity contribution in [3.8, 4) is 0 Å². The van der Waals surface area contributed by atoms with E-state index in [9.17, 15) is 9.59 Å². The molecule has 0 aliphatic carbocycles. The number of fused-ring (bicyclic) bond motifs is 1. The number of benzene rings is 1. The standard InChI is InChI=1S/C21H30N2O2/c1-5-7-8-9-15(3)20-17-11-10-16(19(25)6-2)14-18(17)23(12-13-24)21(20)22-4/h10-11,13-15,22H,5-9,12H2,1-4H3. The van der Waals surface area contributed by atoms with Crippen LogP contribution < -0.4 is 5.32 Å². The lowest BCUT2D eigenvalue weighted by molar-refractivity contribution is -0.108. The van der Waals surface area contributed by atoms with Crippen molar-refractivity contribution < 1.29 is 9.59 Å². The molecule has 136 valence electrons. The first-order chi connectivity index (χ1) is 12.1. The smallest absolute Gasteiger partial charge is 0.162 e. The van der Waals surface area contributed by atoms with Gasteiger partial charge in [0.1, 0.15) is 12.1 Å². The lowest BCUT2D eigenvalue weighted by Crippen LogP contribution is -2.06. The van der Waals surface area contributed by atoms with Crippen molar-refractivity contribution in [2.45, 2.75) is 65.3 Å². The number of anilines is 1. The summed E-state index contributed by atoms with van der Waals surface area (Å²) >= 11 is 0. The summed E-state index contributed by atoms with van der Waals surface area (Å²) in [5, 5.41) is 4.43. The van der Waals surface area contributed by atoms with E-state index in [-0.39, 0.29) is 12.3 Å². The van der Waals surface area contributed by atoms with E-state index in [2.05, 4.69) is 19.2 Å². The van der Waals surface area contributed by atoms with E-state index in [0.29, 0.717) is 17.9 Å². The first-order valence-electron chi connectivity index (χ1n) is 9.39. The van der Waals surface area contributed by atoms with Crippen LogP contribution in [0.3, 0.4) is 0 Å². The minimum atomic E-state index is 0.129. The van der Waals surface area contributed by atoms with Crippen LogP contribution in [0.5, 0.6) is 0 Å². The molecule has 1 atom stereocenters. The summed E-state index contributed by atoms with van der Waals surface area (Å²) in [7, 11) is 1.90. The topological polar surface area (TPSA) is 51.1 Å². The van der Waals surface area contributed by atoms with Gasteiger partial charge in [-0.2, -0.15) is 0 Å². The number of Topliss-reactive ketones (excluding diaryl/α,β-unsaturated/α-hetero) is 1. The Hall–Kier alpha value is -2.10. The summed E-state index contributed by atoms with van der Waals surface area (Å²) in [6, 6.07) is 5.90. The number of hydrogen-bond donors (Lipinski definition) is 1. The second-order valence-corrected chi connectivity index (χ2v) is 6.70. The zero-order chi connectivity index (χ0) is 18.4. The number of rotatable bonds is 10. The number of carbonyl (C=O) groups excluding carboxylic acids is 2. The number of aldehydes is 1. The molecule has 0 fully saturated rings. The summed E-state index contributed by atoms with van der Waals surface area (Å²) in [5.41, 5.74) is 2.94. The SMILES string of the molecule is CCCCCC(C)c1c(NC)n(CC=O)c2cc(C(=O)CC)ccc12. The van der Waals surface area contributed by atoms with E-state index < -0.39 is 0 Å². The maximum Gasteiger partial charge on any atom is 0.162 e. The number of hydrogen-bond acceptors (Lipinski definition) is 3. The van der Waals surface area contributed by atoms with Crippen LogP contribution in [0.25, 0.3) is 10.9 Å². The highest BCUT2D eigenvalue weighted by Gasteiger charge is 2.21. The molecule has 4 nitrogen and oxygen atoms in total. The molecule has 1 aromatic heterocycles. The molecule has 0 bridgehead atoms. The Bertz CT molecular complexity index is 746. The maximum absolute atomic E-state index is 12.1. The molecule has 0 spiro atoms. The van der Waals surface area contributed by atoms with Crippen molar-refractivity contribution in [3.05, 3.63) is 29.3 Å². The third-order valence-corrected chi connectivity index (χ3v) is 4.97. The highest BCUT2D eigenvalue weighted by Crippen LogP contribution is 2.38. The van der Waals surface area contributed by atoms with Crippen LogP contribution in [0, 0.1) is 0 Å². The first-order valence-corrected chi connectivity index (χ1v) is 9.39. The van der Waals surface area contributed by atoms with Gasteiger partial charge in [0.25, 0.3) is 0 Å². The normalized spacial score (nSPS) is 12.3. The average Bonchev–Trinajstić information content (AvgIpc) is 2.94. The second kappa shape index (κ2) is 8.84. The minimum Gasteiger partial charge on any atom is -0.374 e. The summed E-state index contributed by atoms with van der Waals surface area (Å²) < 4.78 is 2.00. The maximum atomic E-state index is 12.1. The van der Waals surface area contributed by atoms with E-state index in [0.717, 1.165) is 29.4 Å². The van der Waals surface area contributed by atoms with Crippen LogP contribution in [0.1, 0.15) is 74.7 Å². The molecule has 1 unspecified atom stereocenters. The Morgan fingerprint density at radius 1 is 1.28 bits per heavy atom. The van der Waals surface area contributed by atoms with Gasteiger partial charge in [0, 0.05) is 30.0 Å². The van der Waals surface area contributed by atoms with E-state index in [1.165, 1.54) is 24.8 Å². The number of nitrogens with zero attached hydrogens (tertiary/aromatic N) is 1. The van der Waals surface area contributed by atoms with Crippen molar-refractivity contribution >= 4 is 28.8 Å². The van der Waals surface area contributed by atoms with Gasteiger partial charge in [-0.15, -0.1) is 0 Å². The lowest BCUT2D eigenvalue weighted by Gasteiger charge is -2.15. The van der Waals surface area contributed by atoms with Crippen molar-refractivity contribution in [2.75, 3.05) is 12.4 Å². The summed E-state index contributed by atoms with van der Waals surface area (Å²) in [4.78, 5) is 23.3. The van der Waals surface area contributed by atoms with Crippen LogP contribution in [-0.2, 0) is 11.3 Å². The molecule has 4 heteroatoms. The molecule has 0 radical (unpaired) electrons. The van der Waals surface area contributed by atoms with Crippen LogP contribution in [-0.4, -0.2) is 23.7 Å². The number of aromatic nitrogens is 1. The quantitative estimate of drug-likeness (QED) is 0.369. The predicted octanol–water partition coefficient (Wildman–Crippen LogP) is 5.16. The average molecular weight is 342 g/mol. The van der Waals surface area contributed by atoms with Gasteiger partial charge in [-0.05, 0) is 18.4 Å². The van der Waals surface area contributed by atoms with Gasteiger partial charge in [-0.3, -0.25) is 4.79 Å². The Kier molecular flexibility index (Phi) is 6.80. The number of carbonyl (C=O) groups is 2. The highest BCUT2D eigenvalue weighted by atomic mass is 16.1. The van der Waals surface area contributed by atoms with Gasteiger partial charge in [-0.1, -0.05) is 52.2 Å². The van der Waals surface area contributed by atoms with Crippen LogP contribution in [0.15, 0.2) is 18.2 Å². The zero-order valence-corrected chi connectivity index (χ0v) is 15.9. The first kappa shape index (κ1) is 19.2. The molecule has 1 N–H and O–H groups in total. The molecule has 2 rings (SSSR count). The second-order valence-electron chi connectivity index (χ2n) is 6.70. The van der Waals surface area contributed by atoms with Gasteiger partial charge >= 0.3 is 0 Å². The monoisotopic (exact) mass is 342 g/mol. The Balaban J connectivity index is 2.59. The highest BCUT2D eigenvalue weighted by molar-refractivity contribution is 6.01. The number of ketones is 1. The number of unbranched alkanes of at least 4 members (excludes halogenated alkanes) is 2. The van der Waals surface area contributed by atoms with E-state index in [1.54, 1.807) is 0 Å². The summed E-state index contributed by atoms with van der Waals surface area (Å²) in [6.45, 7) is 6.63. The molecule has 0 amide bonds. The molecule has 0 aliphatic rings. The van der Waals surface area contributed by atoms with Crippen LogP contribution in [0.2, 0.25) is 0 Å². The van der Waals surface area contributed by atoms with E-state index in [4.69, 9.17) is 0 Å². The minimum absolute atomic E-state index is 0.129. The molecule has 0 saturated carbocycles. The Morgan fingerprint density at radius 2 is 2.04 bits per heavy atom. The molecule has 2 aromatic rings. The fraction of sp³-hybridized carbons (Fsp3) is 0.524. The largest absolute Gasteiger partial charge is 0.374 e. The van der Waals surface area contributed by atoms with Crippen LogP contribution >= 0.6 is 0 Å². The van der Waals surface area contributed by atoms with E-state index >= 15 is 0 Å². The van der Waals surface area contributed by atoms with Gasteiger partial charge in [0.15, 0.2) is 5.78 Å². The molecule has 25 heavy (non-hydrogen) atoms. The van der Waals surface area contributed by atoms with Crippen LogP contribution in [0.4, 0.5) is 5.82 Å². The Labute approximate surface area is 150 Å². The third kappa shape index (κ3) is 3.94. The fourth-order valence-electron chi connectivity index (χ4n) is 3.63. The van der Waals surface area contributed by atoms with Crippen molar-refractivity contribution in [1.82, 2.24) is 4.57 Å². The van der Waals surface area contributed by atoms with Gasteiger partial charge in [0.05, 0.1) is 12.1 Å². The van der Waals surface area contributed by atoms with E-state index in [1.807, 2.05) is 36.7 Å². The molecular formula is C21H30N2O2. The number of nitrogens with one attached hydrogen (secondary N) is 1. The molecule has 1 aromatic carbocycles. The summed E-state index contributed by atoms with van der Waals surface area (Å²) in [6.07, 6.45) is 6.17. The predicted molar refractivity (Wildman–Crippen MR) is 105 cm³/mol. The molecular weight excluding hydrogens is 312 g/mol. The molecule has 0 saturated heterocycles. The van der Waals surface area contributed by atoms with Crippen molar-refractivity contribution in [1.29, 1.82) is 0 Å². The lowest BCUT2D eigenvalue weighted by atomic mass is 9.93.